The first-order valence-corrected chi connectivity index (χ1v) is 9.84. The SMILES string of the molecule is O=C1/C(=C\C=C\c2ccccc2)Oc2c1ccc1c2CN(Cc2ccncc2)CO1. The van der Waals surface area contributed by atoms with E-state index in [4.69, 9.17) is 9.47 Å². The van der Waals surface area contributed by atoms with Crippen molar-refractivity contribution in [2.45, 2.75) is 13.1 Å². The van der Waals surface area contributed by atoms with Gasteiger partial charge in [0.15, 0.2) is 5.76 Å². The molecule has 0 fully saturated rings. The molecule has 2 aliphatic rings. The number of hydrogen-bond acceptors (Lipinski definition) is 5. The number of aromatic nitrogens is 1. The zero-order valence-electron chi connectivity index (χ0n) is 16.3. The summed E-state index contributed by atoms with van der Waals surface area (Å²) in [7, 11) is 0. The van der Waals surface area contributed by atoms with Crippen LogP contribution in [0.3, 0.4) is 0 Å². The van der Waals surface area contributed by atoms with Crippen LogP contribution in [0.1, 0.15) is 27.0 Å². The molecule has 0 aliphatic carbocycles. The molecule has 0 N–H and O–H groups in total. The minimum absolute atomic E-state index is 0.100. The van der Waals surface area contributed by atoms with Crippen molar-refractivity contribution in [1.29, 1.82) is 0 Å². The van der Waals surface area contributed by atoms with Gasteiger partial charge >= 0.3 is 0 Å². The van der Waals surface area contributed by atoms with Gasteiger partial charge in [-0.05, 0) is 41.5 Å². The molecule has 0 saturated heterocycles. The topological polar surface area (TPSA) is 51.7 Å². The summed E-state index contributed by atoms with van der Waals surface area (Å²) in [4.78, 5) is 19.0. The van der Waals surface area contributed by atoms with E-state index >= 15 is 0 Å². The molecule has 5 rings (SSSR count). The summed E-state index contributed by atoms with van der Waals surface area (Å²) in [6.45, 7) is 1.88. The number of pyridine rings is 1. The van der Waals surface area contributed by atoms with Crippen molar-refractivity contribution in [2.24, 2.45) is 0 Å². The molecule has 148 valence electrons. The number of ether oxygens (including phenoxy) is 2. The summed E-state index contributed by atoms with van der Waals surface area (Å²) in [5, 5.41) is 0. The average molecular weight is 396 g/mol. The maximum atomic E-state index is 12.8. The summed E-state index contributed by atoms with van der Waals surface area (Å²) < 4.78 is 11.9. The summed E-state index contributed by atoms with van der Waals surface area (Å²) in [5.41, 5.74) is 3.72. The van der Waals surface area contributed by atoms with E-state index in [9.17, 15) is 4.79 Å². The molecule has 1 aromatic heterocycles. The third-order valence-corrected chi connectivity index (χ3v) is 5.17. The van der Waals surface area contributed by atoms with E-state index in [0.717, 1.165) is 29.0 Å². The van der Waals surface area contributed by atoms with Gasteiger partial charge in [-0.25, -0.2) is 0 Å². The number of Topliss-reactive ketones (excluding diaryl/α,β-unsaturated/α-hetero) is 1. The average Bonchev–Trinajstić information content (AvgIpc) is 3.11. The molecule has 0 spiro atoms. The molecule has 0 radical (unpaired) electrons. The van der Waals surface area contributed by atoms with Crippen LogP contribution in [-0.4, -0.2) is 22.4 Å². The van der Waals surface area contributed by atoms with E-state index < -0.39 is 0 Å². The Morgan fingerprint density at radius 3 is 2.70 bits per heavy atom. The third kappa shape index (κ3) is 3.63. The Kier molecular flexibility index (Phi) is 4.87. The largest absolute Gasteiger partial charge is 0.478 e. The van der Waals surface area contributed by atoms with E-state index in [1.54, 1.807) is 24.5 Å². The highest BCUT2D eigenvalue weighted by Crippen LogP contribution is 2.41. The van der Waals surface area contributed by atoms with Crippen molar-refractivity contribution >= 4 is 11.9 Å². The lowest BCUT2D eigenvalue weighted by atomic mass is 10.0. The van der Waals surface area contributed by atoms with Gasteiger partial charge < -0.3 is 9.47 Å². The van der Waals surface area contributed by atoms with Crippen molar-refractivity contribution in [1.82, 2.24) is 9.88 Å². The van der Waals surface area contributed by atoms with Gasteiger partial charge in [0.25, 0.3) is 0 Å². The van der Waals surface area contributed by atoms with Gasteiger partial charge in [-0.1, -0.05) is 42.5 Å². The number of rotatable bonds is 4. The van der Waals surface area contributed by atoms with Gasteiger partial charge in [-0.15, -0.1) is 0 Å². The molecule has 0 saturated carbocycles. The van der Waals surface area contributed by atoms with Crippen LogP contribution in [0.4, 0.5) is 0 Å². The van der Waals surface area contributed by atoms with Crippen LogP contribution in [0.25, 0.3) is 6.08 Å². The maximum Gasteiger partial charge on any atom is 0.231 e. The van der Waals surface area contributed by atoms with Crippen molar-refractivity contribution in [3.05, 3.63) is 107 Å². The predicted molar refractivity (Wildman–Crippen MR) is 114 cm³/mol. The number of carbonyl (C=O) groups is 1. The summed E-state index contributed by atoms with van der Waals surface area (Å²) in [6, 6.07) is 17.6. The van der Waals surface area contributed by atoms with Crippen LogP contribution >= 0.6 is 0 Å². The molecule has 5 nitrogen and oxygen atoms in total. The van der Waals surface area contributed by atoms with Crippen LogP contribution in [0.15, 0.2) is 84.9 Å². The zero-order chi connectivity index (χ0) is 20.3. The van der Waals surface area contributed by atoms with E-state index in [0.29, 0.717) is 30.3 Å². The fourth-order valence-electron chi connectivity index (χ4n) is 3.68. The highest BCUT2D eigenvalue weighted by atomic mass is 16.5. The molecular formula is C25H20N2O3. The molecule has 5 heteroatoms. The van der Waals surface area contributed by atoms with Crippen LogP contribution in [0.2, 0.25) is 0 Å². The Bertz CT molecular complexity index is 1140. The summed E-state index contributed by atoms with van der Waals surface area (Å²) in [5.74, 6) is 1.61. The number of fused-ring (bicyclic) bond motifs is 3. The number of ketones is 1. The lowest BCUT2D eigenvalue weighted by Gasteiger charge is -2.29. The monoisotopic (exact) mass is 396 g/mol. The maximum absolute atomic E-state index is 12.8. The van der Waals surface area contributed by atoms with Gasteiger partial charge in [0, 0.05) is 25.5 Å². The molecule has 3 aromatic rings. The van der Waals surface area contributed by atoms with Crippen molar-refractivity contribution in [3.8, 4) is 11.5 Å². The second kappa shape index (κ2) is 7.97. The molecule has 30 heavy (non-hydrogen) atoms. The Morgan fingerprint density at radius 2 is 1.87 bits per heavy atom. The molecule has 2 aromatic carbocycles. The molecule has 0 amide bonds. The molecule has 0 atom stereocenters. The van der Waals surface area contributed by atoms with Gasteiger partial charge in [-0.2, -0.15) is 0 Å². The van der Waals surface area contributed by atoms with Gasteiger partial charge in [0.2, 0.25) is 5.78 Å². The van der Waals surface area contributed by atoms with E-state index in [1.165, 1.54) is 0 Å². The Labute approximate surface area is 174 Å². The van der Waals surface area contributed by atoms with Gasteiger partial charge in [0.05, 0.1) is 11.1 Å². The van der Waals surface area contributed by atoms with E-state index in [2.05, 4.69) is 9.88 Å². The molecule has 0 bridgehead atoms. The fraction of sp³-hybridized carbons (Fsp3) is 0.120. The van der Waals surface area contributed by atoms with Crippen LogP contribution < -0.4 is 9.47 Å². The molecular weight excluding hydrogens is 376 g/mol. The van der Waals surface area contributed by atoms with Crippen LogP contribution in [-0.2, 0) is 13.1 Å². The zero-order valence-corrected chi connectivity index (χ0v) is 16.3. The van der Waals surface area contributed by atoms with Gasteiger partial charge in [-0.3, -0.25) is 14.7 Å². The molecule has 0 unspecified atom stereocenters. The number of hydrogen-bond donors (Lipinski definition) is 0. The Balaban J connectivity index is 1.37. The molecule has 2 aliphatic heterocycles. The molecule has 3 heterocycles. The first-order chi connectivity index (χ1) is 14.8. The van der Waals surface area contributed by atoms with Crippen molar-refractivity contribution < 1.29 is 14.3 Å². The lowest BCUT2D eigenvalue weighted by Crippen LogP contribution is -2.31. The second-order valence-electron chi connectivity index (χ2n) is 7.27. The second-order valence-corrected chi connectivity index (χ2v) is 7.27. The number of nitrogens with zero attached hydrogens (tertiary/aromatic N) is 2. The van der Waals surface area contributed by atoms with Crippen molar-refractivity contribution in [2.75, 3.05) is 6.73 Å². The third-order valence-electron chi connectivity index (χ3n) is 5.17. The first kappa shape index (κ1) is 18.3. The minimum Gasteiger partial charge on any atom is -0.478 e. The van der Waals surface area contributed by atoms with E-state index in [-0.39, 0.29) is 5.78 Å². The highest BCUT2D eigenvalue weighted by molar-refractivity contribution is 6.13. The minimum atomic E-state index is -0.100. The van der Waals surface area contributed by atoms with Crippen LogP contribution in [0, 0.1) is 0 Å². The smallest absolute Gasteiger partial charge is 0.231 e. The summed E-state index contributed by atoms with van der Waals surface area (Å²) in [6.07, 6.45) is 9.08. The Morgan fingerprint density at radius 1 is 1.03 bits per heavy atom. The summed E-state index contributed by atoms with van der Waals surface area (Å²) >= 11 is 0. The van der Waals surface area contributed by atoms with Crippen LogP contribution in [0.5, 0.6) is 11.5 Å². The number of benzene rings is 2. The standard InChI is InChI=1S/C25H20N2O3/c28-24-20-9-10-22-21(16-27(17-29-22)15-19-11-13-26-14-12-19)25(20)30-23(24)8-4-7-18-5-2-1-3-6-18/h1-14H,15-17H2/b7-4+,23-8+. The lowest BCUT2D eigenvalue weighted by molar-refractivity contribution is 0.0872. The van der Waals surface area contributed by atoms with E-state index in [1.807, 2.05) is 60.7 Å². The number of carbonyl (C=O) groups excluding carboxylic acids is 1. The normalized spacial score (nSPS) is 16.9. The first-order valence-electron chi connectivity index (χ1n) is 9.84. The fourth-order valence-corrected chi connectivity index (χ4v) is 3.68. The van der Waals surface area contributed by atoms with Crippen molar-refractivity contribution in [3.63, 3.8) is 0 Å². The highest BCUT2D eigenvalue weighted by Gasteiger charge is 2.33. The van der Waals surface area contributed by atoms with Gasteiger partial charge in [0.1, 0.15) is 18.2 Å². The number of allylic oxidation sites excluding steroid dienone is 3. The quantitative estimate of drug-likeness (QED) is 0.603. The Hall–Kier alpha value is -3.70. The predicted octanol–water partition coefficient (Wildman–Crippen LogP) is 4.61.